The van der Waals surface area contributed by atoms with E-state index in [9.17, 15) is 14.7 Å². The number of carboxylic acid groups (broad SMARTS) is 1. The Hall–Kier alpha value is -2.60. The van der Waals surface area contributed by atoms with Crippen LogP contribution in [-0.2, 0) is 20.9 Å². The first-order valence-corrected chi connectivity index (χ1v) is 9.05. The van der Waals surface area contributed by atoms with E-state index in [1.807, 2.05) is 37.3 Å². The molecule has 1 N–H and O–H groups in total. The highest BCUT2D eigenvalue weighted by Gasteiger charge is 2.70. The second-order valence-corrected chi connectivity index (χ2v) is 7.63. The fourth-order valence-corrected chi connectivity index (χ4v) is 4.72. The van der Waals surface area contributed by atoms with Gasteiger partial charge in [0.2, 0.25) is 5.91 Å². The molecule has 2 bridgehead atoms. The highest BCUT2D eigenvalue weighted by atomic mass is 16.5. The molecule has 0 radical (unpaired) electrons. The van der Waals surface area contributed by atoms with Crippen LogP contribution < -0.4 is 4.74 Å². The number of ether oxygens (including phenoxy) is 2. The molecule has 3 heterocycles. The minimum atomic E-state index is -0.982. The van der Waals surface area contributed by atoms with E-state index < -0.39 is 29.5 Å². The van der Waals surface area contributed by atoms with E-state index >= 15 is 0 Å². The van der Waals surface area contributed by atoms with Crippen molar-refractivity contribution in [1.82, 2.24) is 4.90 Å². The van der Waals surface area contributed by atoms with Crippen LogP contribution in [0, 0.1) is 11.8 Å². The van der Waals surface area contributed by atoms with Gasteiger partial charge in [0, 0.05) is 6.54 Å². The number of carboxylic acids is 1. The van der Waals surface area contributed by atoms with Gasteiger partial charge in [0.1, 0.15) is 17.3 Å². The molecule has 4 rings (SSSR count). The number of carbonyl (C=O) groups is 2. The second-order valence-electron chi connectivity index (χ2n) is 7.63. The zero-order valence-corrected chi connectivity index (χ0v) is 15.4. The summed E-state index contributed by atoms with van der Waals surface area (Å²) in [6.45, 7) is 6.32. The van der Waals surface area contributed by atoms with Gasteiger partial charge in [-0.1, -0.05) is 29.9 Å². The third kappa shape index (κ3) is 2.58. The lowest BCUT2D eigenvalue weighted by molar-refractivity contribution is -0.148. The summed E-state index contributed by atoms with van der Waals surface area (Å²) in [6, 6.07) is 7.27. The monoisotopic (exact) mass is 369 g/mol. The van der Waals surface area contributed by atoms with Crippen LogP contribution in [0.1, 0.15) is 18.9 Å². The number of carbonyl (C=O) groups excluding carboxylic acids is 1. The summed E-state index contributed by atoms with van der Waals surface area (Å²) in [7, 11) is 1.61. The summed E-state index contributed by atoms with van der Waals surface area (Å²) in [4.78, 5) is 26.9. The fourth-order valence-electron chi connectivity index (χ4n) is 4.72. The first-order valence-electron chi connectivity index (χ1n) is 9.05. The van der Waals surface area contributed by atoms with Crippen LogP contribution >= 0.6 is 0 Å². The Balaban J connectivity index is 1.70. The average molecular weight is 369 g/mol. The van der Waals surface area contributed by atoms with Crippen LogP contribution in [0.5, 0.6) is 5.75 Å². The van der Waals surface area contributed by atoms with Crippen molar-refractivity contribution in [2.24, 2.45) is 11.8 Å². The van der Waals surface area contributed by atoms with Crippen LogP contribution in [0.3, 0.4) is 0 Å². The second kappa shape index (κ2) is 6.23. The van der Waals surface area contributed by atoms with Gasteiger partial charge < -0.3 is 19.5 Å². The molecule has 0 unspecified atom stereocenters. The molecule has 6 heteroatoms. The molecule has 1 spiro atoms. The SMILES string of the molecule is C=C(C)C[C@@H]1N(Cc2ccc(OC)cc2)C(=O)[C@H]2[C@H](C(=O)O)[C@H]3C=C[C@@]12O3. The summed E-state index contributed by atoms with van der Waals surface area (Å²) < 4.78 is 11.3. The van der Waals surface area contributed by atoms with E-state index in [1.165, 1.54) is 0 Å². The molecule has 1 aromatic rings. The first kappa shape index (κ1) is 17.8. The zero-order chi connectivity index (χ0) is 19.3. The molecular weight excluding hydrogens is 346 g/mol. The Labute approximate surface area is 158 Å². The van der Waals surface area contributed by atoms with Gasteiger partial charge in [-0.3, -0.25) is 9.59 Å². The Bertz CT molecular complexity index is 829. The Morgan fingerprint density at radius 1 is 1.37 bits per heavy atom. The van der Waals surface area contributed by atoms with E-state index in [4.69, 9.17) is 9.47 Å². The number of likely N-dealkylation sites (tertiary alicyclic amines) is 1. The molecule has 142 valence electrons. The number of rotatable bonds is 6. The third-order valence-corrected chi connectivity index (χ3v) is 5.87. The molecule has 6 nitrogen and oxygen atoms in total. The molecular formula is C21H23NO5. The number of hydrogen-bond donors (Lipinski definition) is 1. The smallest absolute Gasteiger partial charge is 0.310 e. The number of aliphatic carboxylic acids is 1. The molecule has 0 saturated carbocycles. The van der Waals surface area contributed by atoms with Crippen molar-refractivity contribution >= 4 is 11.9 Å². The summed E-state index contributed by atoms with van der Waals surface area (Å²) >= 11 is 0. The van der Waals surface area contributed by atoms with Gasteiger partial charge in [0.15, 0.2) is 0 Å². The van der Waals surface area contributed by atoms with E-state index in [1.54, 1.807) is 18.1 Å². The minimum absolute atomic E-state index is 0.156. The Kier molecular flexibility index (Phi) is 4.11. The first-order chi connectivity index (χ1) is 12.9. The zero-order valence-electron chi connectivity index (χ0n) is 15.4. The van der Waals surface area contributed by atoms with Crippen LogP contribution in [0.15, 0.2) is 48.6 Å². The summed E-state index contributed by atoms with van der Waals surface area (Å²) in [6.07, 6.45) is 3.74. The van der Waals surface area contributed by atoms with E-state index in [2.05, 4.69) is 6.58 Å². The number of fused-ring (bicyclic) bond motifs is 1. The van der Waals surface area contributed by atoms with Gasteiger partial charge in [0.05, 0.1) is 25.2 Å². The predicted molar refractivity (Wildman–Crippen MR) is 98.1 cm³/mol. The van der Waals surface area contributed by atoms with Crippen molar-refractivity contribution in [2.45, 2.75) is 37.6 Å². The fraction of sp³-hybridized carbons (Fsp3) is 0.429. The summed E-state index contributed by atoms with van der Waals surface area (Å²) in [5.41, 5.74) is 1.01. The molecule has 27 heavy (non-hydrogen) atoms. The van der Waals surface area contributed by atoms with E-state index in [0.29, 0.717) is 13.0 Å². The molecule has 3 aliphatic rings. The van der Waals surface area contributed by atoms with Crippen molar-refractivity contribution in [3.8, 4) is 5.75 Å². The maximum Gasteiger partial charge on any atom is 0.310 e. The Morgan fingerprint density at radius 2 is 2.07 bits per heavy atom. The maximum absolute atomic E-state index is 13.3. The largest absolute Gasteiger partial charge is 0.497 e. The normalized spacial score (nSPS) is 33.4. The van der Waals surface area contributed by atoms with E-state index in [-0.39, 0.29) is 11.9 Å². The molecule has 0 aliphatic carbocycles. The highest BCUT2D eigenvalue weighted by molar-refractivity contribution is 5.91. The molecule has 2 fully saturated rings. The Morgan fingerprint density at radius 3 is 2.67 bits per heavy atom. The van der Waals surface area contributed by atoms with Gasteiger partial charge >= 0.3 is 5.97 Å². The van der Waals surface area contributed by atoms with Crippen molar-refractivity contribution < 1.29 is 24.2 Å². The third-order valence-electron chi connectivity index (χ3n) is 5.87. The minimum Gasteiger partial charge on any atom is -0.497 e. The van der Waals surface area contributed by atoms with Gasteiger partial charge in [-0.2, -0.15) is 0 Å². The van der Waals surface area contributed by atoms with Crippen molar-refractivity contribution in [2.75, 3.05) is 7.11 Å². The number of methoxy groups -OCH3 is 1. The van der Waals surface area contributed by atoms with Crippen LogP contribution in [0.4, 0.5) is 0 Å². The molecule has 2 saturated heterocycles. The van der Waals surface area contributed by atoms with Crippen LogP contribution in [0.2, 0.25) is 0 Å². The summed E-state index contributed by atoms with van der Waals surface area (Å²) in [5.74, 6) is -1.92. The molecule has 3 aliphatic heterocycles. The number of hydrogen-bond acceptors (Lipinski definition) is 4. The quantitative estimate of drug-likeness (QED) is 0.780. The van der Waals surface area contributed by atoms with Gasteiger partial charge in [-0.25, -0.2) is 0 Å². The highest BCUT2D eigenvalue weighted by Crippen LogP contribution is 2.56. The number of amides is 1. The standard InChI is InChI=1S/C21H23NO5/c1-12(2)10-16-21-9-8-15(27-21)17(20(24)25)18(21)19(23)22(16)11-13-4-6-14(26-3)7-5-13/h4-9,15-18H,1,10-11H2,2-3H3,(H,24,25)/t15-,16+,17-,18-,21-/m1/s1. The van der Waals surface area contributed by atoms with Crippen molar-refractivity contribution in [3.05, 3.63) is 54.1 Å². The molecule has 5 atom stereocenters. The lowest BCUT2D eigenvalue weighted by Crippen LogP contribution is -2.45. The maximum atomic E-state index is 13.3. The average Bonchev–Trinajstić information content (AvgIpc) is 3.27. The van der Waals surface area contributed by atoms with Crippen molar-refractivity contribution in [1.29, 1.82) is 0 Å². The number of benzene rings is 1. The van der Waals surface area contributed by atoms with Gasteiger partial charge in [0.25, 0.3) is 0 Å². The van der Waals surface area contributed by atoms with Gasteiger partial charge in [-0.15, -0.1) is 6.58 Å². The van der Waals surface area contributed by atoms with Gasteiger partial charge in [-0.05, 0) is 31.0 Å². The van der Waals surface area contributed by atoms with E-state index in [0.717, 1.165) is 16.9 Å². The molecule has 0 aromatic heterocycles. The number of nitrogens with zero attached hydrogens (tertiary/aromatic N) is 1. The predicted octanol–water partition coefficient (Wildman–Crippen LogP) is 2.40. The lowest BCUT2D eigenvalue weighted by Gasteiger charge is -2.33. The topological polar surface area (TPSA) is 76.1 Å². The summed E-state index contributed by atoms with van der Waals surface area (Å²) in [5, 5.41) is 9.68. The van der Waals surface area contributed by atoms with Crippen LogP contribution in [-0.4, -0.2) is 46.7 Å². The van der Waals surface area contributed by atoms with Crippen LogP contribution in [0.25, 0.3) is 0 Å². The lowest BCUT2D eigenvalue weighted by atomic mass is 9.74. The molecule has 1 aromatic carbocycles. The van der Waals surface area contributed by atoms with Crippen molar-refractivity contribution in [3.63, 3.8) is 0 Å². The molecule has 1 amide bonds.